The lowest BCUT2D eigenvalue weighted by Crippen LogP contribution is -2.01. The van der Waals surface area contributed by atoms with Gasteiger partial charge in [-0.05, 0) is 19.1 Å². The molecule has 0 aliphatic carbocycles. The predicted molar refractivity (Wildman–Crippen MR) is 83.3 cm³/mol. The lowest BCUT2D eigenvalue weighted by Gasteiger charge is -1.99. The Hall–Kier alpha value is -0.920. The molecule has 0 saturated heterocycles. The first-order chi connectivity index (χ1) is 9.19. The molecule has 0 atom stereocenters. The van der Waals surface area contributed by atoms with E-state index in [0.717, 1.165) is 20.5 Å². The quantitative estimate of drug-likeness (QED) is 0.630. The zero-order valence-electron chi connectivity index (χ0n) is 10.2. The van der Waals surface area contributed by atoms with Crippen LogP contribution in [0, 0.1) is 0 Å². The summed E-state index contributed by atoms with van der Waals surface area (Å²) in [7, 11) is 0. The molecule has 1 heterocycles. The summed E-state index contributed by atoms with van der Waals surface area (Å²) in [6.45, 7) is 2.82. The first-order valence-electron chi connectivity index (χ1n) is 5.68. The third-order valence-electron chi connectivity index (χ3n) is 2.21. The van der Waals surface area contributed by atoms with Crippen LogP contribution in [0.5, 0.6) is 0 Å². The molecule has 1 aromatic carbocycles. The second-order valence-electron chi connectivity index (χ2n) is 3.63. The van der Waals surface area contributed by atoms with Gasteiger partial charge in [0.2, 0.25) is 5.13 Å². The Labute approximate surface area is 128 Å². The number of aromatic nitrogens is 2. The minimum absolute atomic E-state index is 0.0894. The van der Waals surface area contributed by atoms with Crippen molar-refractivity contribution in [2.24, 2.45) is 0 Å². The van der Waals surface area contributed by atoms with E-state index in [1.54, 1.807) is 0 Å². The molecule has 0 fully saturated rings. The van der Waals surface area contributed by atoms with E-state index in [9.17, 15) is 4.79 Å². The summed E-state index contributed by atoms with van der Waals surface area (Å²) >= 11 is 6.24. The molecule has 0 aliphatic rings. The molecule has 0 radical (unpaired) electrons. The number of thioether (sulfide) groups is 1. The summed E-state index contributed by atoms with van der Waals surface area (Å²) in [5, 5.41) is 11.9. The number of Topliss-reactive ketones (excluding diaryl/α,β-unsaturated/α-hetero) is 1. The van der Waals surface area contributed by atoms with E-state index in [4.69, 9.17) is 0 Å². The van der Waals surface area contributed by atoms with Crippen LogP contribution in [0.4, 0.5) is 5.13 Å². The third-order valence-corrected chi connectivity index (χ3v) is 4.72. The second kappa shape index (κ2) is 7.02. The number of hydrogen-bond acceptors (Lipinski definition) is 6. The monoisotopic (exact) mass is 357 g/mol. The third kappa shape index (κ3) is 4.29. The summed E-state index contributed by atoms with van der Waals surface area (Å²) in [5.74, 6) is 0.462. The van der Waals surface area contributed by atoms with Crippen LogP contribution in [0.3, 0.4) is 0 Å². The molecule has 4 nitrogen and oxygen atoms in total. The molecule has 2 rings (SSSR count). The molecule has 0 unspecified atom stereocenters. The fourth-order valence-electron chi connectivity index (χ4n) is 1.36. The van der Waals surface area contributed by atoms with Crippen LogP contribution in [0.15, 0.2) is 33.1 Å². The number of hydrogen-bond donors (Lipinski definition) is 1. The minimum Gasteiger partial charge on any atom is -0.360 e. The molecule has 0 aliphatic heterocycles. The summed E-state index contributed by atoms with van der Waals surface area (Å²) in [4.78, 5) is 12.0. The van der Waals surface area contributed by atoms with E-state index >= 15 is 0 Å². The van der Waals surface area contributed by atoms with Crippen molar-refractivity contribution in [3.63, 3.8) is 0 Å². The predicted octanol–water partition coefficient (Wildman–Crippen LogP) is 3.71. The molecule has 7 heteroatoms. The zero-order chi connectivity index (χ0) is 13.7. The van der Waals surface area contributed by atoms with Crippen molar-refractivity contribution in [3.8, 4) is 0 Å². The molecule has 19 heavy (non-hydrogen) atoms. The van der Waals surface area contributed by atoms with Gasteiger partial charge in [0, 0.05) is 16.6 Å². The molecular formula is C12H12BrN3OS2. The summed E-state index contributed by atoms with van der Waals surface area (Å²) in [6, 6.07) is 7.40. The largest absolute Gasteiger partial charge is 0.360 e. The van der Waals surface area contributed by atoms with Crippen molar-refractivity contribution in [1.82, 2.24) is 10.2 Å². The molecule has 0 spiro atoms. The molecular weight excluding hydrogens is 346 g/mol. The van der Waals surface area contributed by atoms with Crippen molar-refractivity contribution < 1.29 is 4.79 Å². The number of carbonyl (C=O) groups is 1. The van der Waals surface area contributed by atoms with E-state index in [0.29, 0.717) is 11.3 Å². The normalized spacial score (nSPS) is 10.4. The smallest absolute Gasteiger partial charge is 0.206 e. The van der Waals surface area contributed by atoms with Gasteiger partial charge in [0.15, 0.2) is 10.1 Å². The Bertz CT molecular complexity index is 574. The van der Waals surface area contributed by atoms with Crippen LogP contribution in [-0.2, 0) is 0 Å². The van der Waals surface area contributed by atoms with Crippen LogP contribution >= 0.6 is 39.0 Å². The highest BCUT2D eigenvalue weighted by Crippen LogP contribution is 2.26. The Kier molecular flexibility index (Phi) is 5.35. The van der Waals surface area contributed by atoms with Gasteiger partial charge in [-0.3, -0.25) is 4.79 Å². The van der Waals surface area contributed by atoms with Gasteiger partial charge in [-0.1, -0.05) is 51.2 Å². The lowest BCUT2D eigenvalue weighted by atomic mass is 10.2. The van der Waals surface area contributed by atoms with Crippen molar-refractivity contribution in [3.05, 3.63) is 34.3 Å². The molecule has 0 saturated carbocycles. The van der Waals surface area contributed by atoms with E-state index in [-0.39, 0.29) is 5.78 Å². The fraction of sp³-hybridized carbons (Fsp3) is 0.250. The van der Waals surface area contributed by atoms with Gasteiger partial charge >= 0.3 is 0 Å². The Morgan fingerprint density at radius 2 is 2.32 bits per heavy atom. The van der Waals surface area contributed by atoms with Gasteiger partial charge in [0.25, 0.3) is 0 Å². The summed E-state index contributed by atoms with van der Waals surface area (Å²) < 4.78 is 1.72. The highest BCUT2D eigenvalue weighted by atomic mass is 79.9. The van der Waals surface area contributed by atoms with E-state index < -0.39 is 0 Å². The van der Waals surface area contributed by atoms with Gasteiger partial charge in [-0.15, -0.1) is 10.2 Å². The highest BCUT2D eigenvalue weighted by Gasteiger charge is 2.10. The van der Waals surface area contributed by atoms with Crippen molar-refractivity contribution in [1.29, 1.82) is 0 Å². The number of nitrogens with zero attached hydrogens (tertiary/aromatic N) is 2. The Morgan fingerprint density at radius 1 is 1.47 bits per heavy atom. The maximum Gasteiger partial charge on any atom is 0.206 e. The van der Waals surface area contributed by atoms with E-state index in [1.165, 1.54) is 23.1 Å². The molecule has 1 N–H and O–H groups in total. The van der Waals surface area contributed by atoms with Gasteiger partial charge in [0.05, 0.1) is 5.75 Å². The highest BCUT2D eigenvalue weighted by molar-refractivity contribution is 9.10. The minimum atomic E-state index is 0.0894. The number of ketones is 1. The van der Waals surface area contributed by atoms with Crippen LogP contribution in [0.25, 0.3) is 0 Å². The molecule has 2 aromatic rings. The van der Waals surface area contributed by atoms with Crippen molar-refractivity contribution in [2.45, 2.75) is 11.3 Å². The first-order valence-corrected chi connectivity index (χ1v) is 8.27. The summed E-state index contributed by atoms with van der Waals surface area (Å²) in [5.41, 5.74) is 0.707. The second-order valence-corrected chi connectivity index (χ2v) is 6.74. The lowest BCUT2D eigenvalue weighted by molar-refractivity contribution is 0.102. The van der Waals surface area contributed by atoms with Crippen LogP contribution < -0.4 is 5.32 Å². The SMILES string of the molecule is CCNc1nnc(SCC(=O)c2cccc(Br)c2)s1. The number of carbonyl (C=O) groups excluding carboxylic acids is 1. The number of halogens is 1. The topological polar surface area (TPSA) is 54.9 Å². The van der Waals surface area contributed by atoms with Crippen LogP contribution in [-0.4, -0.2) is 28.3 Å². The van der Waals surface area contributed by atoms with E-state index in [2.05, 4.69) is 31.4 Å². The Morgan fingerprint density at radius 3 is 3.05 bits per heavy atom. The molecule has 0 amide bonds. The van der Waals surface area contributed by atoms with Crippen molar-refractivity contribution in [2.75, 3.05) is 17.6 Å². The zero-order valence-corrected chi connectivity index (χ0v) is 13.4. The number of rotatable bonds is 6. The van der Waals surface area contributed by atoms with Gasteiger partial charge < -0.3 is 5.32 Å². The molecule has 1 aromatic heterocycles. The van der Waals surface area contributed by atoms with E-state index in [1.807, 2.05) is 31.2 Å². The standard InChI is InChI=1S/C12H12BrN3OS2/c1-2-14-11-15-16-12(19-11)18-7-10(17)8-4-3-5-9(13)6-8/h3-6H,2,7H2,1H3,(H,14,15). The fourth-order valence-corrected chi connectivity index (χ4v) is 3.48. The molecule has 100 valence electrons. The first kappa shape index (κ1) is 14.5. The van der Waals surface area contributed by atoms with Gasteiger partial charge in [-0.25, -0.2) is 0 Å². The average molecular weight is 358 g/mol. The van der Waals surface area contributed by atoms with Crippen LogP contribution in [0.2, 0.25) is 0 Å². The summed E-state index contributed by atoms with van der Waals surface area (Å²) in [6.07, 6.45) is 0. The number of anilines is 1. The van der Waals surface area contributed by atoms with Gasteiger partial charge in [0.1, 0.15) is 0 Å². The number of benzene rings is 1. The molecule has 0 bridgehead atoms. The average Bonchev–Trinajstić information content (AvgIpc) is 2.84. The van der Waals surface area contributed by atoms with Gasteiger partial charge in [-0.2, -0.15) is 0 Å². The Balaban J connectivity index is 1.92. The van der Waals surface area contributed by atoms with Crippen molar-refractivity contribution >= 4 is 49.9 Å². The maximum atomic E-state index is 12.0. The van der Waals surface area contributed by atoms with Crippen LogP contribution in [0.1, 0.15) is 17.3 Å². The number of nitrogens with one attached hydrogen (secondary N) is 1. The maximum absolute atomic E-state index is 12.0.